The maximum atomic E-state index is 12.9. The van der Waals surface area contributed by atoms with Gasteiger partial charge in [0, 0.05) is 0 Å². The van der Waals surface area contributed by atoms with Crippen LogP contribution in [-0.4, -0.2) is 26.8 Å². The van der Waals surface area contributed by atoms with Crippen molar-refractivity contribution in [3.63, 3.8) is 0 Å². The predicted octanol–water partition coefficient (Wildman–Crippen LogP) is 1.23. The fourth-order valence-electron chi connectivity index (χ4n) is 2.08. The number of nitrogens with one attached hydrogen (secondary N) is 1. The molecule has 1 aromatic carbocycles. The lowest BCUT2D eigenvalue weighted by molar-refractivity contribution is 0.582. The molecule has 5 nitrogen and oxygen atoms in total. The minimum atomic E-state index is -0.262. The van der Waals surface area contributed by atoms with E-state index in [1.807, 2.05) is 0 Å². The number of tetrazole rings is 1. The van der Waals surface area contributed by atoms with Gasteiger partial charge in [-0.2, -0.15) is 4.68 Å². The van der Waals surface area contributed by atoms with Gasteiger partial charge in [0.1, 0.15) is 5.82 Å². The van der Waals surface area contributed by atoms with Crippen molar-refractivity contribution in [1.82, 2.24) is 25.5 Å². The molecule has 88 valence electrons. The van der Waals surface area contributed by atoms with E-state index in [0.717, 1.165) is 30.9 Å². The second kappa shape index (κ2) is 4.21. The molecule has 2 heterocycles. The molecule has 1 atom stereocenters. The Morgan fingerprint density at radius 2 is 2.12 bits per heavy atom. The first kappa shape index (κ1) is 10.3. The first-order chi connectivity index (χ1) is 8.34. The monoisotopic (exact) mass is 233 g/mol. The molecule has 1 aliphatic rings. The van der Waals surface area contributed by atoms with Crippen LogP contribution in [0, 0.1) is 5.82 Å². The Kier molecular flexibility index (Phi) is 2.56. The molecule has 17 heavy (non-hydrogen) atoms. The van der Waals surface area contributed by atoms with Crippen LogP contribution >= 0.6 is 0 Å². The molecule has 0 bridgehead atoms. The van der Waals surface area contributed by atoms with Crippen LogP contribution in [0.25, 0.3) is 5.69 Å². The smallest absolute Gasteiger partial charge is 0.173 e. The molecule has 0 amide bonds. The van der Waals surface area contributed by atoms with Crippen molar-refractivity contribution >= 4 is 0 Å². The number of aromatic nitrogens is 4. The van der Waals surface area contributed by atoms with Crippen LogP contribution in [-0.2, 0) is 0 Å². The maximum Gasteiger partial charge on any atom is 0.173 e. The lowest BCUT2D eigenvalue weighted by Crippen LogP contribution is -2.18. The summed E-state index contributed by atoms with van der Waals surface area (Å²) < 4.78 is 14.5. The quantitative estimate of drug-likeness (QED) is 0.847. The highest BCUT2D eigenvalue weighted by Crippen LogP contribution is 2.22. The van der Waals surface area contributed by atoms with Crippen molar-refractivity contribution in [1.29, 1.82) is 0 Å². The highest BCUT2D eigenvalue weighted by atomic mass is 19.1. The summed E-state index contributed by atoms with van der Waals surface area (Å²) in [5.41, 5.74) is 0.778. The summed E-state index contributed by atoms with van der Waals surface area (Å²) in [6.45, 7) is 0.987. The molecule has 0 saturated carbocycles. The molecule has 2 aromatic rings. The van der Waals surface area contributed by atoms with Crippen LogP contribution in [0.4, 0.5) is 4.39 Å². The third-order valence-corrected chi connectivity index (χ3v) is 2.94. The summed E-state index contributed by atoms with van der Waals surface area (Å²) in [4.78, 5) is 0. The molecule has 0 radical (unpaired) electrons. The predicted molar refractivity (Wildman–Crippen MR) is 59.1 cm³/mol. The van der Waals surface area contributed by atoms with Gasteiger partial charge in [0.05, 0.1) is 11.7 Å². The van der Waals surface area contributed by atoms with Crippen molar-refractivity contribution in [2.45, 2.75) is 18.9 Å². The van der Waals surface area contributed by atoms with Gasteiger partial charge in [-0.05, 0) is 54.1 Å². The summed E-state index contributed by atoms with van der Waals surface area (Å²) in [6.07, 6.45) is 2.16. The Morgan fingerprint density at radius 3 is 2.82 bits per heavy atom. The van der Waals surface area contributed by atoms with Gasteiger partial charge >= 0.3 is 0 Å². The fourth-order valence-corrected chi connectivity index (χ4v) is 2.08. The van der Waals surface area contributed by atoms with Gasteiger partial charge in [-0.15, -0.1) is 5.10 Å². The molecule has 3 rings (SSSR count). The Hall–Kier alpha value is -1.82. The second-order valence-electron chi connectivity index (χ2n) is 4.07. The van der Waals surface area contributed by atoms with Gasteiger partial charge in [0.15, 0.2) is 5.82 Å². The SMILES string of the molecule is Fc1ccc(-n2nnnc2C2CCCN2)cc1. The van der Waals surface area contributed by atoms with Crippen LogP contribution in [0.3, 0.4) is 0 Å². The van der Waals surface area contributed by atoms with Gasteiger partial charge in [0.25, 0.3) is 0 Å². The van der Waals surface area contributed by atoms with E-state index in [0.29, 0.717) is 0 Å². The van der Waals surface area contributed by atoms with E-state index in [1.165, 1.54) is 12.1 Å². The maximum absolute atomic E-state index is 12.9. The number of nitrogens with zero attached hydrogens (tertiary/aromatic N) is 4. The third-order valence-electron chi connectivity index (χ3n) is 2.94. The molecule has 1 fully saturated rings. The number of rotatable bonds is 2. The van der Waals surface area contributed by atoms with Crippen molar-refractivity contribution in [2.24, 2.45) is 0 Å². The summed E-state index contributed by atoms with van der Waals surface area (Å²) in [5.74, 6) is 0.525. The summed E-state index contributed by atoms with van der Waals surface area (Å²) in [6, 6.07) is 6.34. The van der Waals surface area contributed by atoms with E-state index < -0.39 is 0 Å². The van der Waals surface area contributed by atoms with Gasteiger partial charge in [-0.1, -0.05) is 0 Å². The summed E-state index contributed by atoms with van der Waals surface area (Å²) in [5, 5.41) is 15.0. The third kappa shape index (κ3) is 1.91. The molecule has 1 N–H and O–H groups in total. The van der Waals surface area contributed by atoms with E-state index >= 15 is 0 Å². The van der Waals surface area contributed by atoms with E-state index in [1.54, 1.807) is 16.8 Å². The van der Waals surface area contributed by atoms with Crippen molar-refractivity contribution in [2.75, 3.05) is 6.54 Å². The minimum absolute atomic E-state index is 0.190. The normalized spacial score (nSPS) is 19.7. The molecule has 1 aromatic heterocycles. The first-order valence-electron chi connectivity index (χ1n) is 5.62. The highest BCUT2D eigenvalue weighted by Gasteiger charge is 2.22. The van der Waals surface area contributed by atoms with E-state index in [-0.39, 0.29) is 11.9 Å². The highest BCUT2D eigenvalue weighted by molar-refractivity contribution is 5.31. The summed E-state index contributed by atoms with van der Waals surface area (Å²) >= 11 is 0. The zero-order chi connectivity index (χ0) is 11.7. The standard InChI is InChI=1S/C11H12FN5/c12-8-3-5-9(6-4-8)17-11(14-15-16-17)10-2-1-7-13-10/h3-6,10,13H,1-2,7H2. The molecule has 1 saturated heterocycles. The van der Waals surface area contributed by atoms with Crippen LogP contribution in [0.15, 0.2) is 24.3 Å². The van der Waals surface area contributed by atoms with Gasteiger partial charge in [-0.25, -0.2) is 4.39 Å². The molecule has 1 unspecified atom stereocenters. The van der Waals surface area contributed by atoms with E-state index in [2.05, 4.69) is 20.8 Å². The Morgan fingerprint density at radius 1 is 1.29 bits per heavy atom. The van der Waals surface area contributed by atoms with Crippen LogP contribution < -0.4 is 5.32 Å². The van der Waals surface area contributed by atoms with Crippen molar-refractivity contribution < 1.29 is 4.39 Å². The van der Waals surface area contributed by atoms with E-state index in [4.69, 9.17) is 0 Å². The van der Waals surface area contributed by atoms with Gasteiger partial charge in [0.2, 0.25) is 0 Å². The molecular formula is C11H12FN5. The second-order valence-corrected chi connectivity index (χ2v) is 4.07. The summed E-state index contributed by atoms with van der Waals surface area (Å²) in [7, 11) is 0. The molecule has 0 spiro atoms. The first-order valence-corrected chi connectivity index (χ1v) is 5.62. The number of benzene rings is 1. The molecule has 1 aliphatic heterocycles. The Labute approximate surface area is 97.6 Å². The van der Waals surface area contributed by atoms with Crippen molar-refractivity contribution in [3.05, 3.63) is 35.9 Å². The van der Waals surface area contributed by atoms with Crippen LogP contribution in [0.5, 0.6) is 0 Å². The zero-order valence-electron chi connectivity index (χ0n) is 9.17. The van der Waals surface area contributed by atoms with Gasteiger partial charge < -0.3 is 5.32 Å². The van der Waals surface area contributed by atoms with E-state index in [9.17, 15) is 4.39 Å². The van der Waals surface area contributed by atoms with Crippen LogP contribution in [0.1, 0.15) is 24.7 Å². The van der Waals surface area contributed by atoms with Crippen molar-refractivity contribution in [3.8, 4) is 5.69 Å². The topological polar surface area (TPSA) is 55.6 Å². The van der Waals surface area contributed by atoms with Gasteiger partial charge in [-0.3, -0.25) is 0 Å². The largest absolute Gasteiger partial charge is 0.307 e. The Balaban J connectivity index is 1.97. The number of hydrogen-bond acceptors (Lipinski definition) is 4. The number of hydrogen-bond donors (Lipinski definition) is 1. The molecule has 0 aliphatic carbocycles. The van der Waals surface area contributed by atoms with Crippen LogP contribution in [0.2, 0.25) is 0 Å². The average Bonchev–Trinajstić information content (AvgIpc) is 3.00. The zero-order valence-corrected chi connectivity index (χ0v) is 9.17. The fraction of sp³-hybridized carbons (Fsp3) is 0.364. The average molecular weight is 233 g/mol. The minimum Gasteiger partial charge on any atom is -0.307 e. The lowest BCUT2D eigenvalue weighted by atomic mass is 10.2. The lowest BCUT2D eigenvalue weighted by Gasteiger charge is -2.09. The Bertz CT molecular complexity index is 501. The number of halogens is 1. The molecule has 6 heteroatoms. The molecular weight excluding hydrogens is 221 g/mol.